The van der Waals surface area contributed by atoms with E-state index < -0.39 is 26.4 Å². The lowest BCUT2D eigenvalue weighted by Crippen LogP contribution is -2.37. The monoisotopic (exact) mass is 522 g/mol. The van der Waals surface area contributed by atoms with Crippen molar-refractivity contribution in [3.8, 4) is 0 Å². The van der Waals surface area contributed by atoms with Crippen LogP contribution in [0.4, 0.5) is 0 Å². The topological polar surface area (TPSA) is 93.1 Å². The average Bonchev–Trinajstić information content (AvgIpc) is 2.83. The van der Waals surface area contributed by atoms with Gasteiger partial charge in [0, 0.05) is 18.5 Å². The first-order chi connectivity index (χ1) is 16.4. The molecular weight excluding hydrogens is 471 g/mol. The van der Waals surface area contributed by atoms with Crippen LogP contribution in [0.3, 0.4) is 0 Å². The van der Waals surface area contributed by atoms with Gasteiger partial charge in [-0.05, 0) is 31.9 Å². The zero-order valence-electron chi connectivity index (χ0n) is 22.0. The zero-order chi connectivity index (χ0) is 25.5. The van der Waals surface area contributed by atoms with Gasteiger partial charge in [0.05, 0.1) is 12.7 Å². The lowest BCUT2D eigenvalue weighted by molar-refractivity contribution is -0.154. The van der Waals surface area contributed by atoms with Crippen molar-refractivity contribution in [3.05, 3.63) is 0 Å². The fraction of sp³-hybridized carbons (Fsp3) is 0.962. The van der Waals surface area contributed by atoms with E-state index in [0.717, 1.165) is 0 Å². The van der Waals surface area contributed by atoms with E-state index >= 15 is 0 Å². The summed E-state index contributed by atoms with van der Waals surface area (Å²) in [5.41, 5.74) is 0. The summed E-state index contributed by atoms with van der Waals surface area (Å²) in [7, 11) is -0.871. The molecule has 0 rings (SSSR count). The summed E-state index contributed by atoms with van der Waals surface area (Å²) in [6, 6.07) is 0. The predicted molar refractivity (Wildman–Crippen MR) is 143 cm³/mol. The number of carboxylic acid groups (broad SMARTS) is 1. The van der Waals surface area contributed by atoms with Crippen LogP contribution >= 0.6 is 20.2 Å². The van der Waals surface area contributed by atoms with Crippen molar-refractivity contribution >= 4 is 26.2 Å². The average molecular weight is 523 g/mol. The molecule has 6 nitrogen and oxygen atoms in total. The van der Waals surface area contributed by atoms with Crippen molar-refractivity contribution in [3.63, 3.8) is 0 Å². The molecule has 0 aromatic heterocycles. The van der Waals surface area contributed by atoms with Crippen LogP contribution in [0.5, 0.6) is 0 Å². The number of carboxylic acids is 1. The summed E-state index contributed by atoms with van der Waals surface area (Å²) >= 11 is 2.05. The molecule has 0 bridgehead atoms. The van der Waals surface area contributed by atoms with Gasteiger partial charge >= 0.3 is 5.97 Å². The Balaban J connectivity index is 4.02. The Morgan fingerprint density at radius 3 is 2.00 bits per heavy atom. The van der Waals surface area contributed by atoms with E-state index in [1.54, 1.807) is 0 Å². The van der Waals surface area contributed by atoms with Crippen LogP contribution in [0.2, 0.25) is 0 Å². The van der Waals surface area contributed by atoms with Gasteiger partial charge in [-0.1, -0.05) is 90.9 Å². The molecule has 0 aliphatic heterocycles. The summed E-state index contributed by atoms with van der Waals surface area (Å²) in [6.07, 6.45) is 19.2. The molecule has 0 aliphatic rings. The Hall–Kier alpha value is -0.200. The first kappa shape index (κ1) is 33.8. The second-order valence-electron chi connectivity index (χ2n) is 9.28. The van der Waals surface area contributed by atoms with Gasteiger partial charge in [-0.2, -0.15) is 11.8 Å². The molecule has 0 fully saturated rings. The maximum atomic E-state index is 10.9. The number of ether oxygens (including phenoxy) is 2. The Bertz CT molecular complexity index is 496. The molecule has 2 N–H and O–H groups in total. The van der Waals surface area contributed by atoms with Crippen LogP contribution in [-0.2, 0) is 18.8 Å². The summed E-state index contributed by atoms with van der Waals surface area (Å²) < 4.78 is 22.1. The zero-order valence-corrected chi connectivity index (χ0v) is 23.7. The maximum absolute atomic E-state index is 10.9. The summed E-state index contributed by atoms with van der Waals surface area (Å²) in [5, 5.41) is 16.6. The predicted octanol–water partition coefficient (Wildman–Crippen LogP) is 7.47. The molecule has 3 unspecified atom stereocenters. The molecule has 8 heteroatoms. The fourth-order valence-corrected chi connectivity index (χ4v) is 5.33. The maximum Gasteiger partial charge on any atom is 0.350 e. The number of unbranched alkanes of at least 4 members (excludes halogenated alkanes) is 11. The van der Waals surface area contributed by atoms with Crippen molar-refractivity contribution in [2.24, 2.45) is 0 Å². The first-order valence-electron chi connectivity index (χ1n) is 13.5. The minimum Gasteiger partial charge on any atom is -0.478 e. The molecule has 0 spiro atoms. The fourth-order valence-electron chi connectivity index (χ4n) is 3.75. The molecule has 0 saturated carbocycles. The van der Waals surface area contributed by atoms with Crippen LogP contribution < -0.4 is 0 Å². The number of rotatable bonds is 26. The molecular formula is C26H51O6PS. The van der Waals surface area contributed by atoms with Crippen molar-refractivity contribution in [2.45, 2.75) is 134 Å². The highest BCUT2D eigenvalue weighted by Crippen LogP contribution is 2.25. The molecule has 0 heterocycles. The van der Waals surface area contributed by atoms with E-state index in [9.17, 15) is 14.5 Å². The Labute approximate surface area is 214 Å². The third-order valence-electron chi connectivity index (χ3n) is 6.06. The number of hydrogen-bond acceptors (Lipinski definition) is 6. The Morgan fingerprint density at radius 2 is 1.44 bits per heavy atom. The summed E-state index contributed by atoms with van der Waals surface area (Å²) in [5.74, 6) is -0.366. The third kappa shape index (κ3) is 18.1. The standard InChI is InChI=1S/C26H51O6PS/c1-4-6-8-9-10-11-12-13-14-16-21-34-24(18-15-7-5-2)23(3)32-20-17-19-31-22-26(29,33-30)25(27)28/h23-24,29H,4-22H2,1-3H3,(H,27,28). The van der Waals surface area contributed by atoms with E-state index in [0.29, 0.717) is 18.3 Å². The molecule has 0 aromatic carbocycles. The van der Waals surface area contributed by atoms with E-state index in [-0.39, 0.29) is 12.7 Å². The number of hydrogen-bond donors (Lipinski definition) is 2. The van der Waals surface area contributed by atoms with Gasteiger partial charge in [0.2, 0.25) is 8.46 Å². The molecule has 0 saturated heterocycles. The molecule has 0 amide bonds. The highest BCUT2D eigenvalue weighted by molar-refractivity contribution is 7.99. The summed E-state index contributed by atoms with van der Waals surface area (Å²) in [6.45, 7) is 6.90. The SMILES string of the molecule is CCCCCCCCCCCCSC(CCCCC)C(C)OCCCOCC(O)(P=O)C(=O)O. The second-order valence-corrected chi connectivity index (χ2v) is 11.6. The number of thioether (sulfide) groups is 1. The molecule has 0 radical (unpaired) electrons. The summed E-state index contributed by atoms with van der Waals surface area (Å²) in [4.78, 5) is 10.9. The van der Waals surface area contributed by atoms with Gasteiger partial charge in [0.15, 0.2) is 0 Å². The van der Waals surface area contributed by atoms with Crippen molar-refractivity contribution in [1.82, 2.24) is 0 Å². The van der Waals surface area contributed by atoms with Gasteiger partial charge in [-0.25, -0.2) is 4.79 Å². The molecule has 0 aromatic rings. The van der Waals surface area contributed by atoms with E-state index in [1.165, 1.54) is 95.6 Å². The van der Waals surface area contributed by atoms with Gasteiger partial charge in [0.1, 0.15) is 0 Å². The highest BCUT2D eigenvalue weighted by Gasteiger charge is 2.37. The van der Waals surface area contributed by atoms with Gasteiger partial charge in [0.25, 0.3) is 5.34 Å². The van der Waals surface area contributed by atoms with Gasteiger partial charge in [-0.3, -0.25) is 4.57 Å². The van der Waals surface area contributed by atoms with Gasteiger partial charge in [-0.15, -0.1) is 0 Å². The highest BCUT2D eigenvalue weighted by atomic mass is 32.2. The molecule has 34 heavy (non-hydrogen) atoms. The molecule has 3 atom stereocenters. The van der Waals surface area contributed by atoms with Crippen molar-refractivity contribution in [2.75, 3.05) is 25.6 Å². The normalized spacial score (nSPS) is 15.3. The lowest BCUT2D eigenvalue weighted by atomic mass is 10.1. The number of aliphatic hydroxyl groups is 1. The van der Waals surface area contributed by atoms with Crippen LogP contribution in [-0.4, -0.2) is 58.5 Å². The van der Waals surface area contributed by atoms with Gasteiger partial charge < -0.3 is 19.7 Å². The van der Waals surface area contributed by atoms with Crippen molar-refractivity contribution in [1.29, 1.82) is 0 Å². The second kappa shape index (κ2) is 23.2. The third-order valence-corrected chi connectivity index (χ3v) is 8.25. The smallest absolute Gasteiger partial charge is 0.350 e. The lowest BCUT2D eigenvalue weighted by Gasteiger charge is -2.24. The van der Waals surface area contributed by atoms with Crippen LogP contribution in [0.15, 0.2) is 0 Å². The quantitative estimate of drug-likeness (QED) is 0.0899. The van der Waals surface area contributed by atoms with E-state index in [1.807, 2.05) is 11.8 Å². The van der Waals surface area contributed by atoms with Crippen LogP contribution in [0.1, 0.15) is 117 Å². The molecule has 202 valence electrons. The molecule has 0 aliphatic carbocycles. The van der Waals surface area contributed by atoms with Crippen LogP contribution in [0.25, 0.3) is 0 Å². The minimum absolute atomic E-state index is 0.154. The Morgan fingerprint density at radius 1 is 0.882 bits per heavy atom. The largest absolute Gasteiger partial charge is 0.478 e. The first-order valence-corrected chi connectivity index (χ1v) is 15.4. The number of aliphatic carboxylic acids is 1. The van der Waals surface area contributed by atoms with E-state index in [2.05, 4.69) is 20.8 Å². The van der Waals surface area contributed by atoms with E-state index in [4.69, 9.17) is 14.6 Å². The Kier molecular flexibility index (Phi) is 23.1. The minimum atomic E-state index is -2.37. The number of carbonyl (C=O) groups is 1. The van der Waals surface area contributed by atoms with Crippen molar-refractivity contribution < 1.29 is 29.0 Å². The van der Waals surface area contributed by atoms with Crippen LogP contribution in [0, 0.1) is 0 Å².